The maximum absolute atomic E-state index is 10.6. The Morgan fingerprint density at radius 3 is 2.80 bits per heavy atom. The lowest BCUT2D eigenvalue weighted by atomic mass is 10.2. The van der Waals surface area contributed by atoms with Crippen LogP contribution in [-0.2, 0) is 0 Å². The molecule has 0 aliphatic heterocycles. The van der Waals surface area contributed by atoms with Crippen molar-refractivity contribution in [1.82, 2.24) is 4.98 Å². The standard InChI is InChI=1S/C9H6BrN3O2/c10-6-1-2-7-5(3-6)4-8(13(14)15)9(11)12-7/h1-4H,(H2,11,12). The van der Waals surface area contributed by atoms with E-state index in [0.29, 0.717) is 10.9 Å². The second kappa shape index (κ2) is 3.47. The Bertz CT molecular complexity index is 556. The summed E-state index contributed by atoms with van der Waals surface area (Å²) in [7, 11) is 0. The Kier molecular flexibility index (Phi) is 2.28. The van der Waals surface area contributed by atoms with Crippen LogP contribution in [0.4, 0.5) is 11.5 Å². The van der Waals surface area contributed by atoms with Crippen LogP contribution in [0.15, 0.2) is 28.7 Å². The lowest BCUT2D eigenvalue weighted by Crippen LogP contribution is -1.98. The first-order chi connectivity index (χ1) is 7.08. The highest BCUT2D eigenvalue weighted by atomic mass is 79.9. The zero-order valence-corrected chi connectivity index (χ0v) is 9.06. The van der Waals surface area contributed by atoms with Crippen molar-refractivity contribution in [2.24, 2.45) is 0 Å². The van der Waals surface area contributed by atoms with Gasteiger partial charge in [0.05, 0.1) is 10.4 Å². The SMILES string of the molecule is Nc1nc2ccc(Br)cc2cc1[N+](=O)[O-]. The first-order valence-corrected chi connectivity index (χ1v) is 4.87. The maximum atomic E-state index is 10.6. The van der Waals surface area contributed by atoms with Gasteiger partial charge in [-0.25, -0.2) is 4.98 Å². The summed E-state index contributed by atoms with van der Waals surface area (Å²) < 4.78 is 0.843. The quantitative estimate of drug-likeness (QED) is 0.636. The highest BCUT2D eigenvalue weighted by Crippen LogP contribution is 2.26. The summed E-state index contributed by atoms with van der Waals surface area (Å²) in [5.74, 6) is -0.0603. The second-order valence-electron chi connectivity index (χ2n) is 2.99. The molecule has 1 aromatic carbocycles. The molecule has 2 N–H and O–H groups in total. The fraction of sp³-hybridized carbons (Fsp3) is 0. The number of aromatic nitrogens is 1. The number of nitro groups is 1. The Balaban J connectivity index is 2.77. The third-order valence-corrected chi connectivity index (χ3v) is 2.48. The molecule has 0 saturated carbocycles. The number of hydrogen-bond donors (Lipinski definition) is 1. The maximum Gasteiger partial charge on any atom is 0.311 e. The molecule has 0 bridgehead atoms. The lowest BCUT2D eigenvalue weighted by molar-refractivity contribution is -0.384. The van der Waals surface area contributed by atoms with Gasteiger partial charge in [0.1, 0.15) is 0 Å². The number of fused-ring (bicyclic) bond motifs is 1. The molecule has 6 heteroatoms. The second-order valence-corrected chi connectivity index (χ2v) is 3.90. The summed E-state index contributed by atoms with van der Waals surface area (Å²) in [4.78, 5) is 14.0. The first kappa shape index (κ1) is 9.85. The predicted molar refractivity (Wildman–Crippen MR) is 60.5 cm³/mol. The van der Waals surface area contributed by atoms with E-state index in [2.05, 4.69) is 20.9 Å². The fourth-order valence-corrected chi connectivity index (χ4v) is 1.68. The van der Waals surface area contributed by atoms with Gasteiger partial charge in [-0.1, -0.05) is 15.9 Å². The Morgan fingerprint density at radius 1 is 1.40 bits per heavy atom. The summed E-state index contributed by atoms with van der Waals surface area (Å²) in [6, 6.07) is 6.73. The van der Waals surface area contributed by atoms with Gasteiger partial charge in [-0.2, -0.15) is 0 Å². The van der Waals surface area contributed by atoms with Crippen molar-refractivity contribution in [3.63, 3.8) is 0 Å². The van der Waals surface area contributed by atoms with Gasteiger partial charge in [0, 0.05) is 15.9 Å². The molecule has 1 aromatic heterocycles. The normalized spacial score (nSPS) is 10.5. The van der Waals surface area contributed by atoms with Crippen LogP contribution in [0.2, 0.25) is 0 Å². The molecule has 2 aromatic rings. The van der Waals surface area contributed by atoms with Gasteiger partial charge in [-0.15, -0.1) is 0 Å². The molecular weight excluding hydrogens is 262 g/mol. The molecule has 0 aliphatic rings. The highest BCUT2D eigenvalue weighted by Gasteiger charge is 2.13. The van der Waals surface area contributed by atoms with Crippen LogP contribution < -0.4 is 5.73 Å². The van der Waals surface area contributed by atoms with Crippen molar-refractivity contribution in [3.05, 3.63) is 38.9 Å². The molecule has 0 spiro atoms. The van der Waals surface area contributed by atoms with Crippen molar-refractivity contribution < 1.29 is 4.92 Å². The average Bonchev–Trinajstić information content (AvgIpc) is 2.17. The van der Waals surface area contributed by atoms with Crippen LogP contribution >= 0.6 is 15.9 Å². The third kappa shape index (κ3) is 1.75. The monoisotopic (exact) mass is 267 g/mol. The minimum Gasteiger partial charge on any atom is -0.378 e. The number of nitrogen functional groups attached to an aromatic ring is 1. The highest BCUT2D eigenvalue weighted by molar-refractivity contribution is 9.10. The van der Waals surface area contributed by atoms with Crippen LogP contribution in [0, 0.1) is 10.1 Å². The molecule has 0 atom stereocenters. The predicted octanol–water partition coefficient (Wildman–Crippen LogP) is 2.49. The molecule has 0 amide bonds. The van der Waals surface area contributed by atoms with E-state index in [4.69, 9.17) is 5.73 Å². The number of pyridine rings is 1. The average molecular weight is 268 g/mol. The minimum absolute atomic E-state index is 0.0603. The number of rotatable bonds is 1. The molecule has 0 saturated heterocycles. The van der Waals surface area contributed by atoms with E-state index in [-0.39, 0.29) is 11.5 Å². The molecule has 5 nitrogen and oxygen atoms in total. The molecule has 0 aliphatic carbocycles. The molecular formula is C9H6BrN3O2. The van der Waals surface area contributed by atoms with Crippen molar-refractivity contribution in [3.8, 4) is 0 Å². The minimum atomic E-state index is -0.539. The van der Waals surface area contributed by atoms with Gasteiger partial charge in [0.25, 0.3) is 0 Å². The van der Waals surface area contributed by atoms with Gasteiger partial charge in [-0.3, -0.25) is 10.1 Å². The smallest absolute Gasteiger partial charge is 0.311 e. The Labute approximate surface area is 93.2 Å². The molecule has 15 heavy (non-hydrogen) atoms. The molecule has 0 radical (unpaired) electrons. The number of nitrogens with zero attached hydrogens (tertiary/aromatic N) is 2. The van der Waals surface area contributed by atoms with Crippen molar-refractivity contribution in [2.45, 2.75) is 0 Å². The van der Waals surface area contributed by atoms with E-state index >= 15 is 0 Å². The Morgan fingerprint density at radius 2 is 2.13 bits per heavy atom. The lowest BCUT2D eigenvalue weighted by Gasteiger charge is -2.00. The number of nitrogens with two attached hydrogens (primary N) is 1. The van der Waals surface area contributed by atoms with E-state index in [1.165, 1.54) is 6.07 Å². The third-order valence-electron chi connectivity index (χ3n) is 1.98. The summed E-state index contributed by atoms with van der Waals surface area (Å²) in [6.07, 6.45) is 0. The van der Waals surface area contributed by atoms with Crippen LogP contribution in [0.3, 0.4) is 0 Å². The number of anilines is 1. The van der Waals surface area contributed by atoms with Gasteiger partial charge < -0.3 is 5.73 Å². The number of halogens is 1. The number of benzene rings is 1. The van der Waals surface area contributed by atoms with E-state index in [0.717, 1.165) is 4.47 Å². The summed E-state index contributed by atoms with van der Waals surface area (Å²) in [5.41, 5.74) is 5.94. The fourth-order valence-electron chi connectivity index (χ4n) is 1.30. The zero-order chi connectivity index (χ0) is 11.0. The summed E-state index contributed by atoms with van der Waals surface area (Å²) >= 11 is 3.28. The van der Waals surface area contributed by atoms with E-state index in [1.54, 1.807) is 18.2 Å². The zero-order valence-electron chi connectivity index (χ0n) is 7.48. The Hall–Kier alpha value is -1.69. The van der Waals surface area contributed by atoms with Crippen molar-refractivity contribution in [2.75, 3.05) is 5.73 Å². The van der Waals surface area contributed by atoms with Crippen LogP contribution in [0.25, 0.3) is 10.9 Å². The van der Waals surface area contributed by atoms with E-state index in [1.807, 2.05) is 0 Å². The molecule has 1 heterocycles. The van der Waals surface area contributed by atoms with Gasteiger partial charge >= 0.3 is 5.69 Å². The van der Waals surface area contributed by atoms with Crippen molar-refractivity contribution >= 4 is 38.3 Å². The molecule has 2 rings (SSSR count). The van der Waals surface area contributed by atoms with E-state index in [9.17, 15) is 10.1 Å². The topological polar surface area (TPSA) is 82.0 Å². The van der Waals surface area contributed by atoms with E-state index < -0.39 is 4.92 Å². The summed E-state index contributed by atoms with van der Waals surface area (Å²) in [5, 5.41) is 11.3. The van der Waals surface area contributed by atoms with Crippen LogP contribution in [0.5, 0.6) is 0 Å². The van der Waals surface area contributed by atoms with Gasteiger partial charge in [-0.05, 0) is 18.2 Å². The van der Waals surface area contributed by atoms with Crippen LogP contribution in [-0.4, -0.2) is 9.91 Å². The van der Waals surface area contributed by atoms with Gasteiger partial charge in [0.2, 0.25) is 5.82 Å². The number of hydrogen-bond acceptors (Lipinski definition) is 4. The van der Waals surface area contributed by atoms with Gasteiger partial charge in [0.15, 0.2) is 0 Å². The summed E-state index contributed by atoms with van der Waals surface area (Å²) in [6.45, 7) is 0. The molecule has 0 fully saturated rings. The molecule has 0 unspecified atom stereocenters. The molecule has 76 valence electrons. The first-order valence-electron chi connectivity index (χ1n) is 4.08. The van der Waals surface area contributed by atoms with Crippen LogP contribution in [0.1, 0.15) is 0 Å². The van der Waals surface area contributed by atoms with Crippen molar-refractivity contribution in [1.29, 1.82) is 0 Å². The largest absolute Gasteiger partial charge is 0.378 e.